The number of hydrogen-bond donors (Lipinski definition) is 3. The second kappa shape index (κ2) is 27.3. The van der Waals surface area contributed by atoms with E-state index in [1.54, 1.807) is 39.8 Å². The van der Waals surface area contributed by atoms with E-state index >= 15 is 0 Å². The van der Waals surface area contributed by atoms with Gasteiger partial charge in [-0.25, -0.2) is 4.79 Å². The van der Waals surface area contributed by atoms with Gasteiger partial charge in [-0.05, 0) is 112 Å². The second-order valence-electron chi connectivity index (χ2n) is 23.9. The van der Waals surface area contributed by atoms with Crippen molar-refractivity contribution in [3.63, 3.8) is 0 Å². The highest BCUT2D eigenvalue weighted by Gasteiger charge is 2.68. The van der Waals surface area contributed by atoms with Crippen molar-refractivity contribution in [1.29, 1.82) is 0 Å². The highest BCUT2D eigenvalue weighted by Crippen LogP contribution is 2.66. The molecule has 1 saturated heterocycles. The van der Waals surface area contributed by atoms with Gasteiger partial charge < -0.3 is 34.7 Å². The Bertz CT molecular complexity index is 2490. The number of amides is 3. The van der Waals surface area contributed by atoms with Crippen LogP contribution in [0, 0.1) is 29.1 Å². The maximum absolute atomic E-state index is 14.4. The molecule has 77 heavy (non-hydrogen) atoms. The zero-order valence-corrected chi connectivity index (χ0v) is 47.5. The molecule has 0 radical (unpaired) electrons. The van der Waals surface area contributed by atoms with Crippen molar-refractivity contribution in [2.24, 2.45) is 29.1 Å². The first-order valence-corrected chi connectivity index (χ1v) is 28.4. The van der Waals surface area contributed by atoms with Crippen LogP contribution in [0.5, 0.6) is 0 Å². The van der Waals surface area contributed by atoms with Crippen LogP contribution in [-0.2, 0) is 55.8 Å². The third-order valence-electron chi connectivity index (χ3n) is 16.3. The summed E-state index contributed by atoms with van der Waals surface area (Å²) in [6.45, 7) is 19.3. The van der Waals surface area contributed by atoms with E-state index in [2.05, 4.69) is 74.8 Å². The van der Waals surface area contributed by atoms with Crippen molar-refractivity contribution in [3.8, 4) is 11.1 Å². The summed E-state index contributed by atoms with van der Waals surface area (Å²) in [5.74, 6) is -4.27. The van der Waals surface area contributed by atoms with Crippen molar-refractivity contribution in [2.45, 2.75) is 201 Å². The number of alkyl carbamates (subject to hydrolysis) is 1. The van der Waals surface area contributed by atoms with Crippen LogP contribution >= 0.6 is 0 Å². The SMILES string of the molecule is CCCCC[C@H](NC(=O)[C@H](C)CC(=O)[C@H](CCC(=O)OCc1ccccc1)NC(=O)[C@H](CNC(=O)OC(C)(C)C)CC(=O)c1ccc(-c2ccc(CCCC)cc2)cc1)C(=O)C[C@@H](C)B1OC2C[C@@H]3C[C@@H](C3(C)C)[C@]2(C)O1. The van der Waals surface area contributed by atoms with E-state index in [9.17, 15) is 33.6 Å². The first-order chi connectivity index (χ1) is 36.5. The lowest BCUT2D eigenvalue weighted by Gasteiger charge is -2.64. The Kier molecular flexibility index (Phi) is 21.5. The van der Waals surface area contributed by atoms with Gasteiger partial charge in [0.1, 0.15) is 12.2 Å². The lowest BCUT2D eigenvalue weighted by molar-refractivity contribution is -0.199. The molecular weight excluding hydrogens is 974 g/mol. The number of ether oxygens (including phenoxy) is 2. The smallest absolute Gasteiger partial charge is 0.461 e. The van der Waals surface area contributed by atoms with E-state index in [-0.39, 0.29) is 74.2 Å². The van der Waals surface area contributed by atoms with Gasteiger partial charge in [0.15, 0.2) is 17.3 Å². The topological polar surface area (TPSA) is 192 Å². The molecule has 2 bridgehead atoms. The standard InChI is InChI=1S/C62H86BN3O11/c1-11-13-16-22-49(53(69)34-41(4)63-76-55-37-48-36-54(61(48,8)9)62(55,10)77-63)65-57(71)40(3)33-52(68)50(31-32-56(70)74-39-43-20-17-15-18-21-43)66-58(72)47(38-64-59(73)75-60(5,6)7)35-51(67)46-29-27-45(28-30-46)44-25-23-42(24-26-44)19-14-12-2/h15,17-18,20-21,23-30,40-41,47-50,54-55H,11-14,16,19,22,31-39H2,1-10H3,(H,64,73)(H,65,71)(H,66,72)/t40-,41-,47+,48+,49+,50+,54+,55?,62+/m1/s1. The minimum absolute atomic E-state index is 0.00539. The summed E-state index contributed by atoms with van der Waals surface area (Å²) in [5.41, 5.74) is 3.21. The number of aryl methyl sites for hydroxylation is 1. The third kappa shape index (κ3) is 16.7. The van der Waals surface area contributed by atoms with Crippen molar-refractivity contribution in [2.75, 3.05) is 6.54 Å². The van der Waals surface area contributed by atoms with Gasteiger partial charge in [0.05, 0.1) is 29.7 Å². The minimum atomic E-state index is -1.29. The lowest BCUT2D eigenvalue weighted by atomic mass is 9.43. The summed E-state index contributed by atoms with van der Waals surface area (Å²) in [5, 5.41) is 8.38. The number of benzene rings is 3. The van der Waals surface area contributed by atoms with Crippen LogP contribution < -0.4 is 16.0 Å². The predicted molar refractivity (Wildman–Crippen MR) is 299 cm³/mol. The predicted octanol–water partition coefficient (Wildman–Crippen LogP) is 11.2. The summed E-state index contributed by atoms with van der Waals surface area (Å²) in [6.07, 6.45) is 6.41. The summed E-state index contributed by atoms with van der Waals surface area (Å²) in [7, 11) is -0.545. The molecule has 1 heterocycles. The fourth-order valence-corrected chi connectivity index (χ4v) is 11.4. The average molecular weight is 1060 g/mol. The Morgan fingerprint density at radius 1 is 0.727 bits per heavy atom. The van der Waals surface area contributed by atoms with E-state index in [4.69, 9.17) is 18.8 Å². The number of ketones is 3. The maximum atomic E-state index is 14.4. The molecule has 3 N–H and O–H groups in total. The van der Waals surface area contributed by atoms with Gasteiger partial charge in [-0.1, -0.05) is 146 Å². The average Bonchev–Trinajstić information content (AvgIpc) is 3.93. The van der Waals surface area contributed by atoms with Crippen LogP contribution in [0.1, 0.15) is 174 Å². The van der Waals surface area contributed by atoms with E-state index in [0.29, 0.717) is 30.2 Å². The quantitative estimate of drug-likeness (QED) is 0.0259. The Morgan fingerprint density at radius 3 is 1.99 bits per heavy atom. The summed E-state index contributed by atoms with van der Waals surface area (Å²) in [6, 6.07) is 22.5. The fourth-order valence-electron chi connectivity index (χ4n) is 11.4. The molecule has 7 rings (SSSR count). The summed E-state index contributed by atoms with van der Waals surface area (Å²) in [4.78, 5) is 97.1. The molecule has 14 nitrogen and oxygen atoms in total. The molecular formula is C62H86BN3O11. The fraction of sp³-hybridized carbons (Fsp3) is 0.597. The summed E-state index contributed by atoms with van der Waals surface area (Å²) < 4.78 is 24.2. The number of carbonyl (C=O) groups excluding carboxylic acids is 7. The highest BCUT2D eigenvalue weighted by atomic mass is 16.7. The van der Waals surface area contributed by atoms with Crippen LogP contribution in [0.3, 0.4) is 0 Å². The van der Waals surface area contributed by atoms with E-state index in [0.717, 1.165) is 61.6 Å². The van der Waals surface area contributed by atoms with Crippen LogP contribution in [0.15, 0.2) is 78.9 Å². The molecule has 15 heteroatoms. The van der Waals surface area contributed by atoms with E-state index < -0.39 is 71.9 Å². The Morgan fingerprint density at radius 2 is 1.35 bits per heavy atom. The van der Waals surface area contributed by atoms with Crippen molar-refractivity contribution in [3.05, 3.63) is 95.6 Å². The number of unbranched alkanes of at least 4 members (excludes halogenated alkanes) is 3. The first kappa shape index (κ1) is 60.6. The molecule has 4 aliphatic rings. The monoisotopic (exact) mass is 1060 g/mol. The van der Waals surface area contributed by atoms with Gasteiger partial charge in [-0.3, -0.25) is 28.8 Å². The van der Waals surface area contributed by atoms with Crippen molar-refractivity contribution >= 4 is 48.3 Å². The number of nitrogens with one attached hydrogen (secondary N) is 3. The first-order valence-electron chi connectivity index (χ1n) is 28.4. The van der Waals surface area contributed by atoms with E-state index in [1.165, 1.54) is 5.56 Å². The molecule has 3 saturated carbocycles. The normalized spacial score (nSPS) is 21.2. The molecule has 0 aromatic heterocycles. The van der Waals surface area contributed by atoms with Gasteiger partial charge in [0, 0.05) is 43.7 Å². The van der Waals surface area contributed by atoms with E-state index in [1.807, 2.05) is 49.4 Å². The van der Waals surface area contributed by atoms with Crippen LogP contribution in [0.4, 0.5) is 4.79 Å². The minimum Gasteiger partial charge on any atom is -0.461 e. The molecule has 1 unspecified atom stereocenters. The number of esters is 1. The van der Waals surface area contributed by atoms with Gasteiger partial charge >= 0.3 is 19.2 Å². The highest BCUT2D eigenvalue weighted by molar-refractivity contribution is 6.47. The van der Waals surface area contributed by atoms with Crippen LogP contribution in [0.25, 0.3) is 11.1 Å². The summed E-state index contributed by atoms with van der Waals surface area (Å²) >= 11 is 0. The number of carbonyl (C=O) groups is 7. The van der Waals surface area contributed by atoms with Gasteiger partial charge in [-0.2, -0.15) is 0 Å². The van der Waals surface area contributed by atoms with Crippen LogP contribution in [-0.4, -0.2) is 84.3 Å². The maximum Gasteiger partial charge on any atom is 0.461 e. The largest absolute Gasteiger partial charge is 0.461 e. The molecule has 3 amide bonds. The molecule has 1 aliphatic heterocycles. The van der Waals surface area contributed by atoms with Gasteiger partial charge in [0.25, 0.3) is 0 Å². The Hall–Kier alpha value is -5.67. The lowest BCUT2D eigenvalue weighted by Crippen LogP contribution is -2.65. The number of hydrogen-bond acceptors (Lipinski definition) is 11. The second-order valence-corrected chi connectivity index (χ2v) is 23.9. The molecule has 0 spiro atoms. The molecule has 4 fully saturated rings. The number of Topliss-reactive ketones (excluding diaryl/α,β-unsaturated/α-hetero) is 3. The third-order valence-corrected chi connectivity index (χ3v) is 16.3. The van der Waals surface area contributed by atoms with Gasteiger partial charge in [-0.15, -0.1) is 0 Å². The van der Waals surface area contributed by atoms with Crippen LogP contribution in [0.2, 0.25) is 5.82 Å². The van der Waals surface area contributed by atoms with Crippen molar-refractivity contribution < 1.29 is 52.3 Å². The molecule has 418 valence electrons. The molecule has 3 aliphatic carbocycles. The zero-order valence-electron chi connectivity index (χ0n) is 47.5. The Balaban J connectivity index is 1.14. The zero-order chi connectivity index (χ0) is 56.1. The molecule has 9 atom stereocenters. The number of rotatable bonds is 29. The van der Waals surface area contributed by atoms with Gasteiger partial charge in [0.2, 0.25) is 11.8 Å². The van der Waals surface area contributed by atoms with Crippen molar-refractivity contribution in [1.82, 2.24) is 16.0 Å². The molecule has 3 aromatic rings. The molecule has 3 aromatic carbocycles. The Labute approximate surface area is 458 Å².